The van der Waals surface area contributed by atoms with Gasteiger partial charge in [-0.2, -0.15) is 0 Å². The van der Waals surface area contributed by atoms with Crippen molar-refractivity contribution in [1.29, 1.82) is 0 Å². The lowest BCUT2D eigenvalue weighted by Crippen LogP contribution is -2.23. The van der Waals surface area contributed by atoms with Crippen molar-refractivity contribution in [2.75, 3.05) is 11.1 Å². The van der Waals surface area contributed by atoms with Gasteiger partial charge in [0.15, 0.2) is 10.9 Å². The largest absolute Gasteiger partial charge is 0.325 e. The van der Waals surface area contributed by atoms with Crippen molar-refractivity contribution in [3.8, 4) is 5.69 Å². The van der Waals surface area contributed by atoms with Crippen LogP contribution >= 0.6 is 46.3 Å². The number of carbonyl (C=O) groups is 2. The number of rotatable bonds is 8. The molecule has 0 atom stereocenters. The highest BCUT2D eigenvalue weighted by Gasteiger charge is 2.23. The first-order valence-corrected chi connectivity index (χ1v) is 16.3. The third-order valence-corrected chi connectivity index (χ3v) is 9.82. The lowest BCUT2D eigenvalue weighted by atomic mass is 9.97. The molecule has 1 aliphatic carbocycles. The number of nitrogens with zero attached hydrogens (tertiary/aromatic N) is 2. The maximum atomic E-state index is 13.8. The first kappa shape index (κ1) is 29.4. The number of hydrogen-bond donors (Lipinski definition) is 1. The Morgan fingerprint density at radius 3 is 2.53 bits per heavy atom. The maximum absolute atomic E-state index is 13.8. The molecule has 1 aliphatic rings. The summed E-state index contributed by atoms with van der Waals surface area (Å²) in [4.78, 5) is 46.3. The molecule has 2 heterocycles. The predicted molar refractivity (Wildman–Crippen MR) is 177 cm³/mol. The summed E-state index contributed by atoms with van der Waals surface area (Å²) in [7, 11) is 0. The molecule has 0 spiro atoms. The number of ketones is 1. The highest BCUT2D eigenvalue weighted by atomic mass is 35.5. The molecular formula is C33H25Cl2N3O3S2. The fourth-order valence-electron chi connectivity index (χ4n) is 5.03. The summed E-state index contributed by atoms with van der Waals surface area (Å²) in [5.74, 6) is -0.392. The Kier molecular flexibility index (Phi) is 8.81. The fraction of sp³-hybridized carbons (Fsp3) is 0.152. The Balaban J connectivity index is 1.16. The van der Waals surface area contributed by atoms with Crippen LogP contribution in [0.5, 0.6) is 0 Å². The highest BCUT2D eigenvalue weighted by Crippen LogP contribution is 2.35. The second kappa shape index (κ2) is 12.9. The first-order chi connectivity index (χ1) is 20.9. The van der Waals surface area contributed by atoms with Crippen LogP contribution < -0.4 is 10.9 Å². The number of thiophene rings is 1. The number of carbonyl (C=O) groups excluding carboxylic acids is 2. The van der Waals surface area contributed by atoms with Gasteiger partial charge in [-0.3, -0.25) is 19.0 Å². The summed E-state index contributed by atoms with van der Waals surface area (Å²) >= 11 is 14.9. The molecular weight excluding hydrogens is 621 g/mol. The summed E-state index contributed by atoms with van der Waals surface area (Å²) in [6.07, 6.45) is 7.15. The Labute approximate surface area is 266 Å². The summed E-state index contributed by atoms with van der Waals surface area (Å²) < 4.78 is 1.62. The zero-order valence-corrected chi connectivity index (χ0v) is 26.0. The van der Waals surface area contributed by atoms with E-state index < -0.39 is 0 Å². The smallest absolute Gasteiger partial charge is 0.267 e. The average Bonchev–Trinajstić information content (AvgIpc) is 3.39. The van der Waals surface area contributed by atoms with Gasteiger partial charge in [0.05, 0.1) is 16.8 Å². The minimum atomic E-state index is -0.249. The molecule has 2 aromatic heterocycles. The second-order valence-electron chi connectivity index (χ2n) is 10.0. The number of allylic oxidation sites excluding steroid dienone is 1. The number of nitrogens with one attached hydrogen (secondary N) is 1. The van der Waals surface area contributed by atoms with Crippen molar-refractivity contribution in [2.24, 2.45) is 0 Å². The van der Waals surface area contributed by atoms with Crippen LogP contribution in [-0.2, 0) is 17.6 Å². The van der Waals surface area contributed by atoms with Crippen LogP contribution in [0.25, 0.3) is 22.0 Å². The molecule has 0 bridgehead atoms. The lowest BCUT2D eigenvalue weighted by Gasteiger charge is -2.13. The topological polar surface area (TPSA) is 81.1 Å². The molecule has 1 amide bonds. The number of anilines is 1. The van der Waals surface area contributed by atoms with E-state index in [1.807, 2.05) is 30.3 Å². The van der Waals surface area contributed by atoms with E-state index in [4.69, 9.17) is 28.2 Å². The van der Waals surface area contributed by atoms with Gasteiger partial charge in [0.25, 0.3) is 5.56 Å². The van der Waals surface area contributed by atoms with Gasteiger partial charge in [0, 0.05) is 26.2 Å². The van der Waals surface area contributed by atoms with Crippen molar-refractivity contribution in [3.63, 3.8) is 0 Å². The van der Waals surface area contributed by atoms with Gasteiger partial charge in [0.2, 0.25) is 5.91 Å². The minimum absolute atomic E-state index is 0.0567. The van der Waals surface area contributed by atoms with Gasteiger partial charge < -0.3 is 5.32 Å². The number of benzene rings is 3. The third-order valence-electron chi connectivity index (χ3n) is 7.13. The zero-order valence-electron chi connectivity index (χ0n) is 22.8. The second-order valence-corrected chi connectivity index (χ2v) is 12.9. The van der Waals surface area contributed by atoms with E-state index in [1.165, 1.54) is 22.7 Å². The van der Waals surface area contributed by atoms with E-state index in [2.05, 4.69) is 5.32 Å². The van der Waals surface area contributed by atoms with E-state index in [0.29, 0.717) is 43.1 Å². The van der Waals surface area contributed by atoms with E-state index in [9.17, 15) is 14.4 Å². The molecule has 0 radical (unpaired) electrons. The molecule has 0 unspecified atom stereocenters. The van der Waals surface area contributed by atoms with Crippen LogP contribution in [0.2, 0.25) is 10.0 Å². The number of thioether (sulfide) groups is 1. The number of hydrogen-bond acceptors (Lipinski definition) is 6. The van der Waals surface area contributed by atoms with Crippen LogP contribution in [0.1, 0.15) is 39.2 Å². The molecule has 3 aromatic carbocycles. The van der Waals surface area contributed by atoms with Gasteiger partial charge in [-0.05, 0) is 97.5 Å². The maximum Gasteiger partial charge on any atom is 0.267 e. The summed E-state index contributed by atoms with van der Waals surface area (Å²) in [5, 5.41) is 5.03. The summed E-state index contributed by atoms with van der Waals surface area (Å²) in [6, 6.07) is 21.1. The molecule has 0 saturated heterocycles. The van der Waals surface area contributed by atoms with Gasteiger partial charge >= 0.3 is 0 Å². The predicted octanol–water partition coefficient (Wildman–Crippen LogP) is 8.26. The van der Waals surface area contributed by atoms with E-state index in [0.717, 1.165) is 36.1 Å². The van der Waals surface area contributed by atoms with Crippen LogP contribution in [0, 0.1) is 0 Å². The zero-order chi connectivity index (χ0) is 29.9. The molecule has 6 nitrogen and oxygen atoms in total. The molecule has 0 aliphatic heterocycles. The molecule has 43 heavy (non-hydrogen) atoms. The van der Waals surface area contributed by atoms with Crippen molar-refractivity contribution in [3.05, 3.63) is 121 Å². The van der Waals surface area contributed by atoms with Gasteiger partial charge in [-0.25, -0.2) is 4.98 Å². The summed E-state index contributed by atoms with van der Waals surface area (Å²) in [5.41, 5.74) is 3.47. The Morgan fingerprint density at radius 1 is 1.00 bits per heavy atom. The Morgan fingerprint density at radius 2 is 1.77 bits per heavy atom. The fourth-order valence-corrected chi connectivity index (χ4v) is 7.62. The lowest BCUT2D eigenvalue weighted by molar-refractivity contribution is -0.113. The normalized spacial score (nSPS) is 12.9. The number of para-hydroxylation sites is 1. The molecule has 1 N–H and O–H groups in total. The quantitative estimate of drug-likeness (QED) is 0.0795. The number of aryl methyl sites for hydroxylation is 2. The number of fused-ring (bicyclic) bond motifs is 3. The molecule has 5 aromatic rings. The molecule has 6 rings (SSSR count). The van der Waals surface area contributed by atoms with Crippen LogP contribution in [0.4, 0.5) is 5.69 Å². The van der Waals surface area contributed by atoms with Crippen molar-refractivity contribution in [2.45, 2.75) is 30.8 Å². The van der Waals surface area contributed by atoms with Gasteiger partial charge in [-0.1, -0.05) is 59.2 Å². The summed E-state index contributed by atoms with van der Waals surface area (Å²) in [6.45, 7) is 0. The molecule has 216 valence electrons. The van der Waals surface area contributed by atoms with E-state index in [1.54, 1.807) is 64.4 Å². The molecule has 0 saturated carbocycles. The number of amides is 1. The molecule has 0 fully saturated rings. The first-order valence-electron chi connectivity index (χ1n) is 13.7. The monoisotopic (exact) mass is 645 g/mol. The SMILES string of the molecule is O=C(CSc1nc2sc3c(c2c(=O)n1-c1ccccc1)CCCC3)Nc1ccc(C(=O)/C=C/c2ccc(Cl)cc2Cl)cc1. The Bertz CT molecular complexity index is 1930. The highest BCUT2D eigenvalue weighted by molar-refractivity contribution is 7.99. The van der Waals surface area contributed by atoms with Gasteiger partial charge in [-0.15, -0.1) is 11.3 Å². The van der Waals surface area contributed by atoms with Crippen LogP contribution in [0.15, 0.2) is 88.8 Å². The average molecular weight is 647 g/mol. The standard InChI is InChI=1S/C33H25Cl2N3O3S2/c34-22-14-10-20(26(35)18-22)13-17-27(39)21-11-15-23(16-12-21)36-29(40)19-42-33-37-31-30(25-8-4-5-9-28(25)43-31)32(41)38(33)24-6-2-1-3-7-24/h1-3,6-7,10-18H,4-5,8-9,19H2,(H,36,40)/b17-13+. The van der Waals surface area contributed by atoms with Crippen molar-refractivity contribution in [1.82, 2.24) is 9.55 Å². The third kappa shape index (κ3) is 6.48. The van der Waals surface area contributed by atoms with E-state index in [-0.39, 0.29) is 23.0 Å². The Hall–Kier alpha value is -3.69. The van der Waals surface area contributed by atoms with Crippen molar-refractivity contribution < 1.29 is 9.59 Å². The van der Waals surface area contributed by atoms with Crippen LogP contribution in [-0.4, -0.2) is 27.0 Å². The van der Waals surface area contributed by atoms with E-state index >= 15 is 0 Å². The van der Waals surface area contributed by atoms with Crippen molar-refractivity contribution >= 4 is 80.0 Å². The number of aromatic nitrogens is 2. The molecule has 10 heteroatoms. The minimum Gasteiger partial charge on any atom is -0.325 e. The van der Waals surface area contributed by atoms with Gasteiger partial charge in [0.1, 0.15) is 4.83 Å². The number of halogens is 2. The van der Waals surface area contributed by atoms with Crippen LogP contribution in [0.3, 0.4) is 0 Å².